The van der Waals surface area contributed by atoms with Crippen molar-refractivity contribution in [2.24, 2.45) is 0 Å². The van der Waals surface area contributed by atoms with Crippen LogP contribution >= 0.6 is 11.6 Å². The first kappa shape index (κ1) is 15.8. The van der Waals surface area contributed by atoms with Crippen LogP contribution in [0.1, 0.15) is 26.3 Å². The number of hydrogen-bond donors (Lipinski definition) is 2. The number of aliphatic hydroxyl groups excluding tert-OH is 1. The summed E-state index contributed by atoms with van der Waals surface area (Å²) in [6, 6.07) is 5.19. The minimum atomic E-state index is -0.568. The first-order valence-corrected chi connectivity index (χ1v) is 6.71. The lowest BCUT2D eigenvalue weighted by Gasteiger charge is -2.28. The maximum atomic E-state index is 12.2. The number of urea groups is 1. The van der Waals surface area contributed by atoms with Crippen molar-refractivity contribution in [2.45, 2.75) is 39.8 Å². The highest BCUT2D eigenvalue weighted by molar-refractivity contribution is 6.33. The number of benzene rings is 1. The fourth-order valence-corrected chi connectivity index (χ4v) is 1.90. The molecule has 0 aliphatic rings. The summed E-state index contributed by atoms with van der Waals surface area (Å²) in [7, 11) is 0. The molecule has 0 saturated carbocycles. The van der Waals surface area contributed by atoms with E-state index in [1.54, 1.807) is 17.9 Å². The molecule has 1 aromatic carbocycles. The van der Waals surface area contributed by atoms with Gasteiger partial charge in [0.25, 0.3) is 0 Å². The SMILES string of the molecule is Cc1ccc(Cl)c(NC(=O)N(CC(C)O)C(C)C)c1. The van der Waals surface area contributed by atoms with E-state index in [4.69, 9.17) is 11.6 Å². The first-order valence-electron chi connectivity index (χ1n) is 6.33. The largest absolute Gasteiger partial charge is 0.392 e. The van der Waals surface area contributed by atoms with Gasteiger partial charge < -0.3 is 15.3 Å². The lowest BCUT2D eigenvalue weighted by Crippen LogP contribution is -2.43. The number of nitrogens with zero attached hydrogens (tertiary/aromatic N) is 1. The highest BCUT2D eigenvalue weighted by atomic mass is 35.5. The van der Waals surface area contributed by atoms with Gasteiger partial charge in [-0.1, -0.05) is 17.7 Å². The van der Waals surface area contributed by atoms with Gasteiger partial charge in [-0.25, -0.2) is 4.79 Å². The van der Waals surface area contributed by atoms with Gasteiger partial charge in [-0.05, 0) is 45.4 Å². The van der Waals surface area contributed by atoms with E-state index < -0.39 is 6.10 Å². The smallest absolute Gasteiger partial charge is 0.322 e. The van der Waals surface area contributed by atoms with Gasteiger partial charge in [0, 0.05) is 12.6 Å². The quantitative estimate of drug-likeness (QED) is 0.891. The van der Waals surface area contributed by atoms with Gasteiger partial charge in [0.1, 0.15) is 0 Å². The molecule has 19 heavy (non-hydrogen) atoms. The van der Waals surface area contributed by atoms with Crippen molar-refractivity contribution in [2.75, 3.05) is 11.9 Å². The van der Waals surface area contributed by atoms with E-state index in [-0.39, 0.29) is 18.6 Å². The molecule has 0 heterocycles. The van der Waals surface area contributed by atoms with E-state index >= 15 is 0 Å². The van der Waals surface area contributed by atoms with Crippen LogP contribution in [0.4, 0.5) is 10.5 Å². The monoisotopic (exact) mass is 284 g/mol. The third kappa shape index (κ3) is 4.73. The predicted molar refractivity (Wildman–Crippen MR) is 78.7 cm³/mol. The van der Waals surface area contributed by atoms with Crippen molar-refractivity contribution >= 4 is 23.3 Å². The van der Waals surface area contributed by atoms with Gasteiger partial charge in [-0.15, -0.1) is 0 Å². The molecule has 1 atom stereocenters. The van der Waals surface area contributed by atoms with Gasteiger partial charge in [-0.2, -0.15) is 0 Å². The van der Waals surface area contributed by atoms with Gasteiger partial charge >= 0.3 is 6.03 Å². The number of halogens is 1. The van der Waals surface area contributed by atoms with E-state index in [0.717, 1.165) is 5.56 Å². The fraction of sp³-hybridized carbons (Fsp3) is 0.500. The minimum absolute atomic E-state index is 0.00168. The topological polar surface area (TPSA) is 52.6 Å². The Kier molecular flexibility index (Phi) is 5.63. The molecule has 0 aromatic heterocycles. The van der Waals surface area contributed by atoms with E-state index in [9.17, 15) is 9.90 Å². The standard InChI is InChI=1S/C14H21ClN2O2/c1-9(2)17(8-11(4)18)14(19)16-13-7-10(3)5-6-12(13)15/h5-7,9,11,18H,8H2,1-4H3,(H,16,19). The molecule has 5 heteroatoms. The van der Waals surface area contributed by atoms with Crippen LogP contribution in [0.25, 0.3) is 0 Å². The summed E-state index contributed by atoms with van der Waals surface area (Å²) in [5, 5.41) is 12.7. The van der Waals surface area contributed by atoms with Gasteiger partial charge in [0.15, 0.2) is 0 Å². The highest BCUT2D eigenvalue weighted by Gasteiger charge is 2.19. The number of rotatable bonds is 4. The van der Waals surface area contributed by atoms with Gasteiger partial charge in [-0.3, -0.25) is 0 Å². The summed E-state index contributed by atoms with van der Waals surface area (Å²) >= 11 is 6.05. The third-order valence-electron chi connectivity index (χ3n) is 2.71. The summed E-state index contributed by atoms with van der Waals surface area (Å²) < 4.78 is 0. The molecular weight excluding hydrogens is 264 g/mol. The molecule has 0 radical (unpaired) electrons. The Morgan fingerprint density at radius 1 is 1.42 bits per heavy atom. The lowest BCUT2D eigenvalue weighted by molar-refractivity contribution is 0.125. The number of nitrogens with one attached hydrogen (secondary N) is 1. The normalized spacial score (nSPS) is 12.4. The van der Waals surface area contributed by atoms with Gasteiger partial charge in [0.2, 0.25) is 0 Å². The van der Waals surface area contributed by atoms with Crippen molar-refractivity contribution in [3.8, 4) is 0 Å². The van der Waals surface area contributed by atoms with Crippen LogP contribution in [0.2, 0.25) is 5.02 Å². The van der Waals surface area contributed by atoms with E-state index in [0.29, 0.717) is 10.7 Å². The maximum Gasteiger partial charge on any atom is 0.322 e. The molecule has 0 saturated heterocycles. The highest BCUT2D eigenvalue weighted by Crippen LogP contribution is 2.23. The van der Waals surface area contributed by atoms with E-state index in [2.05, 4.69) is 5.32 Å². The molecule has 1 unspecified atom stereocenters. The van der Waals surface area contributed by atoms with E-state index in [1.807, 2.05) is 32.9 Å². The Hall–Kier alpha value is -1.26. The van der Waals surface area contributed by atoms with Crippen LogP contribution in [0.5, 0.6) is 0 Å². The Balaban J connectivity index is 2.84. The number of anilines is 1. The van der Waals surface area contributed by atoms with Crippen LogP contribution in [0.3, 0.4) is 0 Å². The minimum Gasteiger partial charge on any atom is -0.392 e. The number of carbonyl (C=O) groups excluding carboxylic acids is 1. The summed E-state index contributed by atoms with van der Waals surface area (Å²) in [4.78, 5) is 13.8. The van der Waals surface area contributed by atoms with E-state index in [1.165, 1.54) is 0 Å². The van der Waals surface area contributed by atoms with Crippen LogP contribution in [0, 0.1) is 6.92 Å². The number of carbonyl (C=O) groups is 1. The van der Waals surface area contributed by atoms with Crippen LogP contribution in [0.15, 0.2) is 18.2 Å². The Bertz CT molecular complexity index is 447. The van der Waals surface area contributed by atoms with Gasteiger partial charge in [0.05, 0.1) is 16.8 Å². The average molecular weight is 285 g/mol. The zero-order valence-corrected chi connectivity index (χ0v) is 12.5. The second-order valence-corrected chi connectivity index (χ2v) is 5.42. The molecule has 0 fully saturated rings. The molecule has 4 nitrogen and oxygen atoms in total. The molecule has 0 aliphatic heterocycles. The van der Waals surface area contributed by atoms with Crippen molar-refractivity contribution < 1.29 is 9.90 Å². The molecule has 2 amide bonds. The first-order chi connectivity index (χ1) is 8.81. The van der Waals surface area contributed by atoms with Crippen molar-refractivity contribution in [3.05, 3.63) is 28.8 Å². The summed E-state index contributed by atoms with van der Waals surface area (Å²) in [6.45, 7) is 7.68. The molecule has 1 aromatic rings. The number of hydrogen-bond acceptors (Lipinski definition) is 2. The van der Waals surface area contributed by atoms with Crippen LogP contribution in [-0.4, -0.2) is 34.7 Å². The summed E-state index contributed by atoms with van der Waals surface area (Å²) in [6.07, 6.45) is -0.568. The molecule has 0 spiro atoms. The lowest BCUT2D eigenvalue weighted by atomic mass is 10.2. The van der Waals surface area contributed by atoms with Crippen molar-refractivity contribution in [3.63, 3.8) is 0 Å². The van der Waals surface area contributed by atoms with Crippen LogP contribution in [-0.2, 0) is 0 Å². The molecule has 106 valence electrons. The molecule has 0 bridgehead atoms. The fourth-order valence-electron chi connectivity index (χ4n) is 1.73. The zero-order valence-electron chi connectivity index (χ0n) is 11.8. The van der Waals surface area contributed by atoms with Crippen LogP contribution < -0.4 is 5.32 Å². The average Bonchev–Trinajstić information content (AvgIpc) is 2.30. The second-order valence-electron chi connectivity index (χ2n) is 5.01. The maximum absolute atomic E-state index is 12.2. The number of aryl methyl sites for hydroxylation is 1. The zero-order chi connectivity index (χ0) is 14.6. The number of aliphatic hydroxyl groups is 1. The van der Waals surface area contributed by atoms with Crippen molar-refractivity contribution in [1.82, 2.24) is 4.90 Å². The third-order valence-corrected chi connectivity index (χ3v) is 3.04. The molecule has 2 N–H and O–H groups in total. The Morgan fingerprint density at radius 2 is 2.05 bits per heavy atom. The summed E-state index contributed by atoms with van der Waals surface area (Å²) in [5.41, 5.74) is 1.61. The second kappa shape index (κ2) is 6.78. The molecule has 0 aliphatic carbocycles. The number of amides is 2. The molecule has 1 rings (SSSR count). The summed E-state index contributed by atoms with van der Waals surface area (Å²) in [5.74, 6) is 0. The Labute approximate surface area is 119 Å². The molecular formula is C14H21ClN2O2. The predicted octanol–water partition coefficient (Wildman–Crippen LogP) is 3.27. The van der Waals surface area contributed by atoms with Crippen molar-refractivity contribution in [1.29, 1.82) is 0 Å². The Morgan fingerprint density at radius 3 is 2.58 bits per heavy atom.